The summed E-state index contributed by atoms with van der Waals surface area (Å²) in [5, 5.41) is 13.3. The van der Waals surface area contributed by atoms with Gasteiger partial charge < -0.3 is 15.4 Å². The van der Waals surface area contributed by atoms with Crippen LogP contribution in [-0.2, 0) is 22.6 Å². The molecular formula is C17H19N5O3. The molecule has 0 saturated heterocycles. The number of ether oxygens (including phenoxy) is 1. The van der Waals surface area contributed by atoms with Crippen LogP contribution in [0.1, 0.15) is 25.3 Å². The number of nitrogens with zero attached hydrogens (tertiary/aromatic N) is 3. The van der Waals surface area contributed by atoms with Crippen molar-refractivity contribution >= 4 is 23.3 Å². The maximum atomic E-state index is 12.2. The highest BCUT2D eigenvalue weighted by molar-refractivity contribution is 5.93. The van der Waals surface area contributed by atoms with Crippen LogP contribution in [0.5, 0.6) is 5.75 Å². The fourth-order valence-electron chi connectivity index (χ4n) is 2.85. The summed E-state index contributed by atoms with van der Waals surface area (Å²) in [6.45, 7) is 2.04. The van der Waals surface area contributed by atoms with Crippen molar-refractivity contribution in [3.63, 3.8) is 0 Å². The predicted molar refractivity (Wildman–Crippen MR) is 90.2 cm³/mol. The van der Waals surface area contributed by atoms with E-state index >= 15 is 0 Å². The van der Waals surface area contributed by atoms with E-state index < -0.39 is 0 Å². The number of carbonyl (C=O) groups is 2. The quantitative estimate of drug-likeness (QED) is 0.860. The van der Waals surface area contributed by atoms with Gasteiger partial charge in [-0.1, -0.05) is 5.21 Å². The van der Waals surface area contributed by atoms with Crippen molar-refractivity contribution in [2.24, 2.45) is 5.92 Å². The zero-order valence-corrected chi connectivity index (χ0v) is 13.9. The highest BCUT2D eigenvalue weighted by atomic mass is 16.5. The lowest BCUT2D eigenvalue weighted by molar-refractivity contribution is -0.117. The van der Waals surface area contributed by atoms with Gasteiger partial charge in [-0.15, -0.1) is 5.10 Å². The third kappa shape index (κ3) is 3.62. The lowest BCUT2D eigenvalue weighted by Gasteiger charge is -2.06. The molecule has 130 valence electrons. The lowest BCUT2D eigenvalue weighted by Crippen LogP contribution is -2.19. The van der Waals surface area contributed by atoms with Crippen molar-refractivity contribution < 1.29 is 14.3 Å². The summed E-state index contributed by atoms with van der Waals surface area (Å²) in [5.41, 5.74) is 1.82. The molecule has 1 aromatic heterocycles. The first-order valence-corrected chi connectivity index (χ1v) is 8.37. The average molecular weight is 341 g/mol. The molecule has 1 atom stereocenters. The molecule has 1 aliphatic heterocycles. The summed E-state index contributed by atoms with van der Waals surface area (Å²) in [4.78, 5) is 23.9. The number of hydrogen-bond acceptors (Lipinski definition) is 5. The van der Waals surface area contributed by atoms with Crippen LogP contribution in [0.25, 0.3) is 0 Å². The van der Waals surface area contributed by atoms with Crippen LogP contribution in [-0.4, -0.2) is 32.9 Å². The van der Waals surface area contributed by atoms with Gasteiger partial charge in [0.1, 0.15) is 18.4 Å². The molecule has 0 bridgehead atoms. The van der Waals surface area contributed by atoms with Crippen molar-refractivity contribution in [1.29, 1.82) is 0 Å². The molecule has 0 radical (unpaired) electrons. The molecule has 2 heterocycles. The highest BCUT2D eigenvalue weighted by Crippen LogP contribution is 2.31. The van der Waals surface area contributed by atoms with E-state index in [9.17, 15) is 9.59 Å². The molecule has 1 aromatic carbocycles. The van der Waals surface area contributed by atoms with Crippen molar-refractivity contribution in [2.45, 2.75) is 38.8 Å². The Morgan fingerprint density at radius 1 is 1.32 bits per heavy atom. The molecule has 2 aliphatic rings. The zero-order chi connectivity index (χ0) is 17.4. The fraction of sp³-hybridized carbons (Fsp3) is 0.412. The number of nitrogens with one attached hydrogen (secondary N) is 2. The van der Waals surface area contributed by atoms with Gasteiger partial charge in [-0.05, 0) is 43.5 Å². The first-order valence-electron chi connectivity index (χ1n) is 8.37. The normalized spacial score (nSPS) is 18.4. The summed E-state index contributed by atoms with van der Waals surface area (Å²) in [6.07, 6.45) is 4.41. The van der Waals surface area contributed by atoms with Gasteiger partial charge in [-0.25, -0.2) is 4.68 Å². The Morgan fingerprint density at radius 3 is 2.96 bits per heavy atom. The van der Waals surface area contributed by atoms with Gasteiger partial charge in [0.25, 0.3) is 0 Å². The Morgan fingerprint density at radius 2 is 2.16 bits per heavy atom. The third-order valence-corrected chi connectivity index (χ3v) is 4.22. The minimum Gasteiger partial charge on any atom is -0.490 e. The van der Waals surface area contributed by atoms with Crippen LogP contribution >= 0.6 is 0 Å². The topological polar surface area (TPSA) is 98.1 Å². The Kier molecular flexibility index (Phi) is 3.87. The Balaban J connectivity index is 1.34. The Bertz CT molecular complexity index is 827. The van der Waals surface area contributed by atoms with E-state index in [1.165, 1.54) is 4.68 Å². The van der Waals surface area contributed by atoms with Gasteiger partial charge in [0, 0.05) is 18.0 Å². The molecule has 1 aliphatic carbocycles. The maximum absolute atomic E-state index is 12.2. The standard InChI is InChI=1S/C17H19N5O3/c1-10-6-12-7-13(4-5-14(12)25-10)18-16(23)9-22-8-15(20-21-22)19-17(24)11-2-3-11/h4-5,7-8,10-11H,2-3,6,9H2,1H3,(H,18,23)(H,19,24). The molecule has 1 saturated carbocycles. The van der Waals surface area contributed by atoms with E-state index in [-0.39, 0.29) is 30.4 Å². The lowest BCUT2D eigenvalue weighted by atomic mass is 10.1. The third-order valence-electron chi connectivity index (χ3n) is 4.22. The van der Waals surface area contributed by atoms with Crippen molar-refractivity contribution in [3.05, 3.63) is 30.0 Å². The molecule has 2 aromatic rings. The van der Waals surface area contributed by atoms with Crippen LogP contribution in [0, 0.1) is 5.92 Å². The smallest absolute Gasteiger partial charge is 0.246 e. The molecule has 2 N–H and O–H groups in total. The monoisotopic (exact) mass is 341 g/mol. The minimum absolute atomic E-state index is 0.0241. The minimum atomic E-state index is -0.211. The van der Waals surface area contributed by atoms with Crippen molar-refractivity contribution in [3.8, 4) is 5.75 Å². The highest BCUT2D eigenvalue weighted by Gasteiger charge is 2.30. The van der Waals surface area contributed by atoms with Gasteiger partial charge in [0.15, 0.2) is 5.82 Å². The molecule has 4 rings (SSSR count). The molecule has 8 nitrogen and oxygen atoms in total. The molecule has 8 heteroatoms. The van der Waals surface area contributed by atoms with Gasteiger partial charge in [-0.3, -0.25) is 9.59 Å². The summed E-state index contributed by atoms with van der Waals surface area (Å²) in [5.74, 6) is 1.09. The van der Waals surface area contributed by atoms with E-state index in [0.29, 0.717) is 5.82 Å². The van der Waals surface area contributed by atoms with E-state index in [1.54, 1.807) is 6.20 Å². The molecule has 2 amide bonds. The first kappa shape index (κ1) is 15.6. The average Bonchev–Trinajstić information content (AvgIpc) is 3.23. The predicted octanol–water partition coefficient (Wildman–Crippen LogP) is 1.59. The summed E-state index contributed by atoms with van der Waals surface area (Å²) < 4.78 is 7.05. The van der Waals surface area contributed by atoms with E-state index in [1.807, 2.05) is 25.1 Å². The van der Waals surface area contributed by atoms with E-state index in [0.717, 1.165) is 36.3 Å². The second-order valence-electron chi connectivity index (χ2n) is 6.57. The first-order chi connectivity index (χ1) is 12.1. The number of aromatic nitrogens is 3. The van der Waals surface area contributed by atoms with Crippen LogP contribution < -0.4 is 15.4 Å². The number of anilines is 2. The second-order valence-corrected chi connectivity index (χ2v) is 6.57. The number of carbonyl (C=O) groups excluding carboxylic acids is 2. The van der Waals surface area contributed by atoms with E-state index in [4.69, 9.17) is 4.74 Å². The number of fused-ring (bicyclic) bond motifs is 1. The van der Waals surface area contributed by atoms with Crippen molar-refractivity contribution in [2.75, 3.05) is 10.6 Å². The zero-order valence-electron chi connectivity index (χ0n) is 13.9. The maximum Gasteiger partial charge on any atom is 0.246 e. The number of amides is 2. The molecule has 1 unspecified atom stereocenters. The van der Waals surface area contributed by atoms with Gasteiger partial charge in [0.05, 0.1) is 6.20 Å². The Labute approximate surface area is 144 Å². The van der Waals surface area contributed by atoms with Crippen LogP contribution in [0.2, 0.25) is 0 Å². The van der Waals surface area contributed by atoms with Gasteiger partial charge in [-0.2, -0.15) is 0 Å². The van der Waals surface area contributed by atoms with Crippen LogP contribution in [0.3, 0.4) is 0 Å². The number of benzene rings is 1. The summed E-state index contributed by atoms with van der Waals surface area (Å²) >= 11 is 0. The van der Waals surface area contributed by atoms with Gasteiger partial charge in [0.2, 0.25) is 11.8 Å². The SMILES string of the molecule is CC1Cc2cc(NC(=O)Cn3cc(NC(=O)C4CC4)nn3)ccc2O1. The molecule has 0 spiro atoms. The largest absolute Gasteiger partial charge is 0.490 e. The molecule has 25 heavy (non-hydrogen) atoms. The summed E-state index contributed by atoms with van der Waals surface area (Å²) in [6, 6.07) is 5.62. The second kappa shape index (κ2) is 6.19. The molecular weight excluding hydrogens is 322 g/mol. The molecule has 1 fully saturated rings. The van der Waals surface area contributed by atoms with E-state index in [2.05, 4.69) is 20.9 Å². The number of rotatable bonds is 5. The summed E-state index contributed by atoms with van der Waals surface area (Å²) in [7, 11) is 0. The van der Waals surface area contributed by atoms with Crippen molar-refractivity contribution in [1.82, 2.24) is 15.0 Å². The van der Waals surface area contributed by atoms with Crippen LogP contribution in [0.4, 0.5) is 11.5 Å². The Hall–Kier alpha value is -2.90. The van der Waals surface area contributed by atoms with Crippen LogP contribution in [0.15, 0.2) is 24.4 Å². The number of hydrogen-bond donors (Lipinski definition) is 2. The fourth-order valence-corrected chi connectivity index (χ4v) is 2.85. The van der Waals surface area contributed by atoms with Gasteiger partial charge >= 0.3 is 0 Å².